The smallest absolute Gasteiger partial charge is 0.246 e. The Morgan fingerprint density at radius 1 is 1.33 bits per heavy atom. The lowest BCUT2D eigenvalue weighted by Gasteiger charge is -2.38. The Hall–Kier alpha value is -1.36. The highest BCUT2D eigenvalue weighted by Gasteiger charge is 2.38. The molecule has 1 saturated heterocycles. The number of hydrogen-bond donors (Lipinski definition) is 1. The molecule has 0 spiro atoms. The third kappa shape index (κ3) is 2.41. The molecule has 1 N–H and O–H groups in total. The van der Waals surface area contributed by atoms with Crippen molar-refractivity contribution in [2.24, 2.45) is 0 Å². The van der Waals surface area contributed by atoms with E-state index < -0.39 is 0 Å². The SMILES string of the molecule is CCC1NC(=O)C(CC)N(Cc2cccs2)C1=O. The highest BCUT2D eigenvalue weighted by Crippen LogP contribution is 2.20. The summed E-state index contributed by atoms with van der Waals surface area (Å²) >= 11 is 1.62. The monoisotopic (exact) mass is 266 g/mol. The van der Waals surface area contributed by atoms with Crippen molar-refractivity contribution in [3.05, 3.63) is 22.4 Å². The highest BCUT2D eigenvalue weighted by atomic mass is 32.1. The molecule has 0 bridgehead atoms. The standard InChI is InChI=1S/C13H18N2O2S/c1-3-10-13(17)15(8-9-6-5-7-18-9)11(4-2)12(16)14-10/h5-7,10-11H,3-4,8H2,1-2H3,(H,14,16). The summed E-state index contributed by atoms with van der Waals surface area (Å²) < 4.78 is 0. The summed E-state index contributed by atoms with van der Waals surface area (Å²) in [6.07, 6.45) is 1.29. The van der Waals surface area contributed by atoms with E-state index in [0.29, 0.717) is 19.4 Å². The van der Waals surface area contributed by atoms with Gasteiger partial charge in [0.15, 0.2) is 0 Å². The predicted molar refractivity (Wildman–Crippen MR) is 71.2 cm³/mol. The Bertz CT molecular complexity index is 430. The first-order valence-corrected chi connectivity index (χ1v) is 7.18. The summed E-state index contributed by atoms with van der Waals surface area (Å²) in [5.41, 5.74) is 0. The van der Waals surface area contributed by atoms with Crippen LogP contribution in [0.5, 0.6) is 0 Å². The Morgan fingerprint density at radius 3 is 2.67 bits per heavy atom. The molecule has 0 saturated carbocycles. The summed E-state index contributed by atoms with van der Waals surface area (Å²) in [7, 11) is 0. The maximum Gasteiger partial charge on any atom is 0.246 e. The molecule has 1 aliphatic rings. The molecule has 2 atom stereocenters. The lowest BCUT2D eigenvalue weighted by Crippen LogP contribution is -2.62. The van der Waals surface area contributed by atoms with E-state index in [1.807, 2.05) is 31.4 Å². The Kier molecular flexibility index (Phi) is 4.01. The van der Waals surface area contributed by atoms with Gasteiger partial charge in [-0.25, -0.2) is 0 Å². The molecule has 2 unspecified atom stereocenters. The van der Waals surface area contributed by atoms with Gasteiger partial charge in [0.1, 0.15) is 12.1 Å². The zero-order valence-electron chi connectivity index (χ0n) is 10.7. The summed E-state index contributed by atoms with van der Waals surface area (Å²) in [6.45, 7) is 4.39. The summed E-state index contributed by atoms with van der Waals surface area (Å²) in [4.78, 5) is 27.1. The zero-order chi connectivity index (χ0) is 13.1. The number of carbonyl (C=O) groups is 2. The number of carbonyl (C=O) groups excluding carboxylic acids is 2. The van der Waals surface area contributed by atoms with Crippen LogP contribution in [0.4, 0.5) is 0 Å². The van der Waals surface area contributed by atoms with E-state index in [-0.39, 0.29) is 23.9 Å². The molecule has 2 amide bonds. The molecule has 0 radical (unpaired) electrons. The minimum Gasteiger partial charge on any atom is -0.343 e. The fourth-order valence-electron chi connectivity index (χ4n) is 2.27. The van der Waals surface area contributed by atoms with Crippen molar-refractivity contribution < 1.29 is 9.59 Å². The molecule has 1 aliphatic heterocycles. The second-order valence-corrected chi connectivity index (χ2v) is 5.47. The van der Waals surface area contributed by atoms with Crippen molar-refractivity contribution in [2.45, 2.75) is 45.3 Å². The summed E-state index contributed by atoms with van der Waals surface area (Å²) in [6, 6.07) is 3.27. The minimum atomic E-state index is -0.361. The fraction of sp³-hybridized carbons (Fsp3) is 0.538. The first-order chi connectivity index (χ1) is 8.67. The molecule has 1 aromatic heterocycles. The summed E-state index contributed by atoms with van der Waals surface area (Å²) in [5, 5.41) is 4.79. The number of nitrogens with zero attached hydrogens (tertiary/aromatic N) is 1. The van der Waals surface area contributed by atoms with E-state index >= 15 is 0 Å². The maximum atomic E-state index is 12.3. The third-order valence-electron chi connectivity index (χ3n) is 3.28. The van der Waals surface area contributed by atoms with Gasteiger partial charge >= 0.3 is 0 Å². The largest absolute Gasteiger partial charge is 0.343 e. The zero-order valence-corrected chi connectivity index (χ0v) is 11.5. The Morgan fingerprint density at radius 2 is 2.11 bits per heavy atom. The van der Waals surface area contributed by atoms with Gasteiger partial charge in [-0.2, -0.15) is 0 Å². The minimum absolute atomic E-state index is 0.0273. The van der Waals surface area contributed by atoms with E-state index in [4.69, 9.17) is 0 Å². The number of thiophene rings is 1. The molecule has 0 aliphatic carbocycles. The maximum absolute atomic E-state index is 12.3. The van der Waals surface area contributed by atoms with E-state index in [0.717, 1.165) is 4.88 Å². The van der Waals surface area contributed by atoms with Crippen LogP contribution in [0.15, 0.2) is 17.5 Å². The van der Waals surface area contributed by atoms with Crippen molar-refractivity contribution in [3.63, 3.8) is 0 Å². The van der Waals surface area contributed by atoms with Crippen LogP contribution in [0.1, 0.15) is 31.6 Å². The second-order valence-electron chi connectivity index (χ2n) is 4.44. The van der Waals surface area contributed by atoms with Crippen molar-refractivity contribution in [1.29, 1.82) is 0 Å². The van der Waals surface area contributed by atoms with Crippen molar-refractivity contribution in [1.82, 2.24) is 10.2 Å². The Labute approximate surface area is 111 Å². The van der Waals surface area contributed by atoms with Gasteiger partial charge in [0.25, 0.3) is 0 Å². The van der Waals surface area contributed by atoms with Gasteiger partial charge in [0.2, 0.25) is 11.8 Å². The van der Waals surface area contributed by atoms with Gasteiger partial charge in [0, 0.05) is 4.88 Å². The van der Waals surface area contributed by atoms with Gasteiger partial charge in [0.05, 0.1) is 6.54 Å². The Balaban J connectivity index is 2.20. The summed E-state index contributed by atoms with van der Waals surface area (Å²) in [5.74, 6) is 0.0119. The molecule has 2 rings (SSSR count). The molecule has 5 heteroatoms. The average Bonchev–Trinajstić information content (AvgIpc) is 2.86. The number of piperazine rings is 1. The number of hydrogen-bond acceptors (Lipinski definition) is 3. The number of nitrogens with one attached hydrogen (secondary N) is 1. The molecular weight excluding hydrogens is 248 g/mol. The van der Waals surface area contributed by atoms with Gasteiger partial charge in [-0.1, -0.05) is 19.9 Å². The van der Waals surface area contributed by atoms with Crippen LogP contribution in [-0.4, -0.2) is 28.8 Å². The van der Waals surface area contributed by atoms with Crippen LogP contribution in [0, 0.1) is 0 Å². The van der Waals surface area contributed by atoms with Crippen LogP contribution in [0.3, 0.4) is 0 Å². The first kappa shape index (κ1) is 13.1. The van der Waals surface area contributed by atoms with E-state index in [1.54, 1.807) is 16.2 Å². The number of amides is 2. The van der Waals surface area contributed by atoms with E-state index in [9.17, 15) is 9.59 Å². The predicted octanol–water partition coefficient (Wildman–Crippen LogP) is 1.76. The lowest BCUT2D eigenvalue weighted by atomic mass is 10.0. The van der Waals surface area contributed by atoms with E-state index in [1.165, 1.54) is 0 Å². The molecule has 2 heterocycles. The van der Waals surface area contributed by atoms with Crippen LogP contribution >= 0.6 is 11.3 Å². The van der Waals surface area contributed by atoms with Crippen LogP contribution in [0.2, 0.25) is 0 Å². The molecule has 98 valence electrons. The average molecular weight is 266 g/mol. The lowest BCUT2D eigenvalue weighted by molar-refractivity contribution is -0.150. The van der Waals surface area contributed by atoms with Gasteiger partial charge in [-0.3, -0.25) is 9.59 Å². The van der Waals surface area contributed by atoms with Crippen molar-refractivity contribution in [2.75, 3.05) is 0 Å². The molecular formula is C13H18N2O2S. The van der Waals surface area contributed by atoms with Crippen LogP contribution < -0.4 is 5.32 Å². The van der Waals surface area contributed by atoms with Crippen molar-refractivity contribution in [3.8, 4) is 0 Å². The van der Waals surface area contributed by atoms with Crippen molar-refractivity contribution >= 4 is 23.2 Å². The van der Waals surface area contributed by atoms with Gasteiger partial charge in [-0.05, 0) is 24.3 Å². The molecule has 0 aromatic carbocycles. The second kappa shape index (κ2) is 5.52. The van der Waals surface area contributed by atoms with Crippen LogP contribution in [0.25, 0.3) is 0 Å². The molecule has 1 aromatic rings. The number of rotatable bonds is 4. The molecule has 4 nitrogen and oxygen atoms in total. The fourth-order valence-corrected chi connectivity index (χ4v) is 2.97. The molecule has 1 fully saturated rings. The van der Waals surface area contributed by atoms with Crippen LogP contribution in [-0.2, 0) is 16.1 Å². The molecule has 18 heavy (non-hydrogen) atoms. The van der Waals surface area contributed by atoms with E-state index in [2.05, 4.69) is 5.32 Å². The topological polar surface area (TPSA) is 49.4 Å². The third-order valence-corrected chi connectivity index (χ3v) is 4.14. The first-order valence-electron chi connectivity index (χ1n) is 6.30. The highest BCUT2D eigenvalue weighted by molar-refractivity contribution is 7.09. The quantitative estimate of drug-likeness (QED) is 0.903. The van der Waals surface area contributed by atoms with Gasteiger partial charge in [-0.15, -0.1) is 11.3 Å². The normalized spacial score (nSPS) is 24.2. The van der Waals surface area contributed by atoms with Gasteiger partial charge < -0.3 is 10.2 Å².